The summed E-state index contributed by atoms with van der Waals surface area (Å²) in [5.41, 5.74) is 0. The molecule has 0 aliphatic heterocycles. The SMILES string of the molecule is [C-]#N.[Cu].[K].[NH4+]. The molecule has 2 radical (unpaired) electrons. The zero-order chi connectivity index (χ0) is 2.00. The molecular formula is CH4CuKN2. The molecular weight excluding hydrogens is 143 g/mol. The van der Waals surface area contributed by atoms with Crippen molar-refractivity contribution in [2.24, 2.45) is 0 Å². The molecule has 0 atom stereocenters. The molecule has 0 bridgehead atoms. The molecule has 0 spiro atoms. The molecule has 0 amide bonds. The monoisotopic (exact) mass is 146 g/mol. The first-order valence-corrected chi connectivity index (χ1v) is 0.224. The van der Waals surface area contributed by atoms with Gasteiger partial charge in [-0.25, -0.2) is 0 Å². The van der Waals surface area contributed by atoms with E-state index in [0.717, 1.165) is 0 Å². The summed E-state index contributed by atoms with van der Waals surface area (Å²) in [6, 6.07) is 0. The Morgan fingerprint density at radius 3 is 1.20 bits per heavy atom. The third-order valence-electron chi connectivity index (χ3n) is 0. The standard InChI is InChI=1S/CN.Cu.K.H3N/c1-2;;;/h;;;1H3/q-1;;;/p+1. The molecule has 4 heteroatoms. The predicted octanol–water partition coefficient (Wildman–Crippen LogP) is 0.0893. The van der Waals surface area contributed by atoms with Crippen LogP contribution >= 0.6 is 0 Å². The van der Waals surface area contributed by atoms with Crippen LogP contribution in [-0.4, -0.2) is 51.4 Å². The average molecular weight is 147 g/mol. The summed E-state index contributed by atoms with van der Waals surface area (Å²) in [5, 5.41) is 6.25. The molecule has 0 aliphatic carbocycles. The summed E-state index contributed by atoms with van der Waals surface area (Å²) in [6.07, 6.45) is 0. The molecule has 0 aliphatic rings. The van der Waals surface area contributed by atoms with Crippen molar-refractivity contribution >= 4 is 51.4 Å². The van der Waals surface area contributed by atoms with Crippen LogP contribution < -0.4 is 6.15 Å². The van der Waals surface area contributed by atoms with Crippen molar-refractivity contribution < 1.29 is 17.1 Å². The van der Waals surface area contributed by atoms with Crippen LogP contribution in [0.4, 0.5) is 0 Å². The Labute approximate surface area is 84.8 Å². The third kappa shape index (κ3) is 28.3. The maximum absolute atomic E-state index is 6.25. The summed E-state index contributed by atoms with van der Waals surface area (Å²) in [6.45, 7) is 4.75. The molecule has 0 aromatic carbocycles. The fourth-order valence-corrected chi connectivity index (χ4v) is 0. The van der Waals surface area contributed by atoms with Gasteiger partial charge in [0.25, 0.3) is 0 Å². The Kier molecular flexibility index (Phi) is 282. The topological polar surface area (TPSA) is 60.3 Å². The maximum Gasteiger partial charge on any atom is 0 e. The van der Waals surface area contributed by atoms with Gasteiger partial charge in [0.2, 0.25) is 0 Å². The molecule has 0 saturated carbocycles. The van der Waals surface area contributed by atoms with Gasteiger partial charge in [-0.05, 0) is 0 Å². The molecule has 0 heterocycles. The van der Waals surface area contributed by atoms with E-state index in [0.29, 0.717) is 0 Å². The van der Waals surface area contributed by atoms with Crippen LogP contribution in [0.25, 0.3) is 0 Å². The van der Waals surface area contributed by atoms with Crippen LogP contribution in [0.2, 0.25) is 0 Å². The minimum Gasteiger partial charge on any atom is -0.512 e. The van der Waals surface area contributed by atoms with Crippen molar-refractivity contribution in [1.29, 1.82) is 5.26 Å². The van der Waals surface area contributed by atoms with E-state index >= 15 is 0 Å². The van der Waals surface area contributed by atoms with Crippen molar-refractivity contribution in [2.75, 3.05) is 0 Å². The fourth-order valence-electron chi connectivity index (χ4n) is 0. The molecule has 30 valence electrons. The van der Waals surface area contributed by atoms with Gasteiger partial charge in [0, 0.05) is 68.5 Å². The molecule has 0 aromatic heterocycles. The van der Waals surface area contributed by atoms with Crippen LogP contribution in [0.5, 0.6) is 0 Å². The van der Waals surface area contributed by atoms with Gasteiger partial charge in [0.05, 0.1) is 0 Å². The molecule has 0 saturated heterocycles. The quantitative estimate of drug-likeness (QED) is 0.382. The van der Waals surface area contributed by atoms with Gasteiger partial charge in [0.1, 0.15) is 0 Å². The molecule has 0 fully saturated rings. The Balaban J connectivity index is -0.00000000167. The normalized spacial score (nSPS) is 0.400. The van der Waals surface area contributed by atoms with E-state index in [9.17, 15) is 0 Å². The van der Waals surface area contributed by atoms with Gasteiger partial charge in [0.15, 0.2) is 0 Å². The largest absolute Gasteiger partial charge is 0.512 e. The molecule has 5 heavy (non-hydrogen) atoms. The van der Waals surface area contributed by atoms with Crippen molar-refractivity contribution in [3.63, 3.8) is 0 Å². The third-order valence-corrected chi connectivity index (χ3v) is 0. The average Bonchev–Trinajstić information content (AvgIpc) is 1.00. The van der Waals surface area contributed by atoms with Crippen molar-refractivity contribution in [1.82, 2.24) is 6.15 Å². The Morgan fingerprint density at radius 2 is 1.20 bits per heavy atom. The number of nitrogens with zero attached hydrogens (tertiary/aromatic N) is 1. The maximum atomic E-state index is 6.25. The van der Waals surface area contributed by atoms with E-state index in [1.807, 2.05) is 0 Å². The molecule has 2 nitrogen and oxygen atoms in total. The van der Waals surface area contributed by atoms with Crippen molar-refractivity contribution in [3.8, 4) is 0 Å². The van der Waals surface area contributed by atoms with Crippen molar-refractivity contribution in [3.05, 3.63) is 6.57 Å². The van der Waals surface area contributed by atoms with E-state index in [4.69, 9.17) is 11.8 Å². The number of hydrogen-bond donors (Lipinski definition) is 1. The van der Waals surface area contributed by atoms with Crippen LogP contribution in [-0.2, 0) is 17.1 Å². The first-order chi connectivity index (χ1) is 1.00. The van der Waals surface area contributed by atoms with Crippen molar-refractivity contribution in [2.45, 2.75) is 0 Å². The summed E-state index contributed by atoms with van der Waals surface area (Å²) in [7, 11) is 0. The second-order valence-corrected chi connectivity index (χ2v) is 0. The van der Waals surface area contributed by atoms with Crippen LogP contribution in [0.3, 0.4) is 0 Å². The first kappa shape index (κ1) is 30.6. The summed E-state index contributed by atoms with van der Waals surface area (Å²) >= 11 is 0. The molecule has 0 unspecified atom stereocenters. The zero-order valence-electron chi connectivity index (χ0n) is 3.25. The Bertz CT molecular complexity index is 14.4. The van der Waals surface area contributed by atoms with Gasteiger partial charge in [-0.3, -0.25) is 0 Å². The first-order valence-electron chi connectivity index (χ1n) is 0.224. The summed E-state index contributed by atoms with van der Waals surface area (Å²) in [5.74, 6) is 0. The minimum absolute atomic E-state index is 0. The van der Waals surface area contributed by atoms with Crippen LogP contribution in [0.15, 0.2) is 0 Å². The van der Waals surface area contributed by atoms with Gasteiger partial charge in [-0.15, -0.1) is 0 Å². The van der Waals surface area contributed by atoms with E-state index in [1.165, 1.54) is 0 Å². The van der Waals surface area contributed by atoms with Gasteiger partial charge in [-0.1, -0.05) is 0 Å². The molecule has 0 rings (SSSR count). The van der Waals surface area contributed by atoms with E-state index in [1.54, 1.807) is 0 Å². The van der Waals surface area contributed by atoms with Crippen LogP contribution in [0.1, 0.15) is 0 Å². The Hall–Kier alpha value is 1.61. The van der Waals surface area contributed by atoms with Gasteiger partial charge in [-0.2, -0.15) is 0 Å². The van der Waals surface area contributed by atoms with E-state index in [2.05, 4.69) is 0 Å². The predicted molar refractivity (Wildman–Crippen MR) is 16.7 cm³/mol. The molecule has 0 aromatic rings. The van der Waals surface area contributed by atoms with Crippen LogP contribution in [0, 0.1) is 11.8 Å². The van der Waals surface area contributed by atoms with Gasteiger partial charge >= 0.3 is 0 Å². The van der Waals surface area contributed by atoms with E-state index < -0.39 is 0 Å². The van der Waals surface area contributed by atoms with Gasteiger partial charge < -0.3 is 18.0 Å². The number of hydrogen-bond acceptors (Lipinski definition) is 1. The second kappa shape index (κ2) is 46.1. The summed E-state index contributed by atoms with van der Waals surface area (Å²) in [4.78, 5) is 0. The smallest absolute Gasteiger partial charge is 0 e. The Morgan fingerprint density at radius 1 is 1.20 bits per heavy atom. The molecule has 4 N–H and O–H groups in total. The zero-order valence-corrected chi connectivity index (χ0v) is 7.31. The number of rotatable bonds is 0. The second-order valence-electron chi connectivity index (χ2n) is 0. The fraction of sp³-hybridized carbons (Fsp3) is 0. The number of quaternary nitrogens is 1. The summed E-state index contributed by atoms with van der Waals surface area (Å²) < 4.78 is 0. The van der Waals surface area contributed by atoms with E-state index in [-0.39, 0.29) is 74.6 Å². The minimum atomic E-state index is 0.